The molecule has 0 spiro atoms. The van der Waals surface area contributed by atoms with Gasteiger partial charge in [-0.25, -0.2) is 0 Å². The summed E-state index contributed by atoms with van der Waals surface area (Å²) < 4.78 is 0. The van der Waals surface area contributed by atoms with Crippen LogP contribution in [-0.2, 0) is 6.42 Å². The highest BCUT2D eigenvalue weighted by Gasteiger charge is 1.97. The zero-order valence-corrected chi connectivity index (χ0v) is 7.31. The minimum atomic E-state index is 0.788. The largest absolute Gasteiger partial charge is 0.358 e. The number of para-hydroxylation sites is 1. The maximum atomic E-state index is 5.52. The van der Waals surface area contributed by atoms with Crippen LogP contribution in [0.25, 0.3) is 10.9 Å². The zero-order chi connectivity index (χ0) is 8.39. The SMILES string of the molecule is Cl[CH]Cc1cc2ccccc2[nH]1. The molecular formula is C10H9ClN. The fourth-order valence-electron chi connectivity index (χ4n) is 1.33. The van der Waals surface area contributed by atoms with Gasteiger partial charge < -0.3 is 4.98 Å². The van der Waals surface area contributed by atoms with Gasteiger partial charge in [-0.2, -0.15) is 0 Å². The lowest BCUT2D eigenvalue weighted by Gasteiger charge is -1.87. The third-order valence-corrected chi connectivity index (χ3v) is 2.04. The number of aromatic amines is 1. The number of H-pyrrole nitrogens is 1. The zero-order valence-electron chi connectivity index (χ0n) is 6.55. The number of halogens is 1. The summed E-state index contributed by atoms with van der Waals surface area (Å²) in [5.74, 6) is 1.63. The van der Waals surface area contributed by atoms with Crippen molar-refractivity contribution in [1.29, 1.82) is 0 Å². The van der Waals surface area contributed by atoms with Crippen molar-refractivity contribution >= 4 is 22.5 Å². The first-order valence-electron chi connectivity index (χ1n) is 3.88. The van der Waals surface area contributed by atoms with Crippen LogP contribution in [0.3, 0.4) is 0 Å². The predicted octanol–water partition coefficient (Wildman–Crippen LogP) is 3.11. The van der Waals surface area contributed by atoms with E-state index in [1.807, 2.05) is 12.1 Å². The second-order valence-corrected chi connectivity index (χ2v) is 3.05. The number of fused-ring (bicyclic) bond motifs is 1. The van der Waals surface area contributed by atoms with Crippen LogP contribution in [0.4, 0.5) is 0 Å². The topological polar surface area (TPSA) is 15.8 Å². The van der Waals surface area contributed by atoms with E-state index in [0.717, 1.165) is 12.1 Å². The van der Waals surface area contributed by atoms with E-state index in [0.29, 0.717) is 0 Å². The Morgan fingerprint density at radius 2 is 2.17 bits per heavy atom. The fraction of sp³-hybridized carbons (Fsp3) is 0.100. The van der Waals surface area contributed by atoms with E-state index in [1.165, 1.54) is 10.9 Å². The van der Waals surface area contributed by atoms with Crippen LogP contribution in [0.5, 0.6) is 0 Å². The Bertz CT molecular complexity index is 345. The lowest BCUT2D eigenvalue weighted by atomic mass is 10.2. The number of aromatic nitrogens is 1. The molecule has 0 aliphatic rings. The molecule has 1 radical (unpaired) electrons. The Morgan fingerprint density at radius 1 is 1.33 bits per heavy atom. The third-order valence-electron chi connectivity index (χ3n) is 1.88. The molecule has 1 N–H and O–H groups in total. The molecule has 1 nitrogen and oxygen atoms in total. The molecule has 0 atom stereocenters. The highest BCUT2D eigenvalue weighted by atomic mass is 35.5. The summed E-state index contributed by atoms with van der Waals surface area (Å²) >= 11 is 5.52. The summed E-state index contributed by atoms with van der Waals surface area (Å²) in [4.78, 5) is 3.28. The first kappa shape index (κ1) is 7.69. The molecule has 61 valence electrons. The maximum Gasteiger partial charge on any atom is 0.0558 e. The van der Waals surface area contributed by atoms with Gasteiger partial charge in [0.05, 0.1) is 5.88 Å². The van der Waals surface area contributed by atoms with Crippen LogP contribution < -0.4 is 0 Å². The quantitative estimate of drug-likeness (QED) is 0.728. The van der Waals surface area contributed by atoms with Crippen molar-refractivity contribution in [3.05, 3.63) is 41.9 Å². The van der Waals surface area contributed by atoms with E-state index in [2.05, 4.69) is 23.2 Å². The van der Waals surface area contributed by atoms with Crippen LogP contribution in [0.2, 0.25) is 0 Å². The molecule has 1 aromatic heterocycles. The van der Waals surface area contributed by atoms with Crippen molar-refractivity contribution in [3.63, 3.8) is 0 Å². The van der Waals surface area contributed by atoms with Crippen LogP contribution in [0, 0.1) is 5.88 Å². The van der Waals surface area contributed by atoms with E-state index in [4.69, 9.17) is 11.6 Å². The Balaban J connectivity index is 2.47. The van der Waals surface area contributed by atoms with E-state index >= 15 is 0 Å². The van der Waals surface area contributed by atoms with E-state index in [9.17, 15) is 0 Å². The second-order valence-electron chi connectivity index (χ2n) is 2.74. The molecule has 0 amide bonds. The van der Waals surface area contributed by atoms with E-state index in [1.54, 1.807) is 5.88 Å². The standard InChI is InChI=1S/C10H9ClN/c11-6-5-9-7-8-3-1-2-4-10(8)12-9/h1-4,6-7,12H,5H2. The molecule has 12 heavy (non-hydrogen) atoms. The summed E-state index contributed by atoms with van der Waals surface area (Å²) in [5.41, 5.74) is 2.33. The van der Waals surface area contributed by atoms with E-state index in [-0.39, 0.29) is 0 Å². The maximum absolute atomic E-state index is 5.52. The van der Waals surface area contributed by atoms with Gasteiger partial charge in [0.1, 0.15) is 0 Å². The number of rotatable bonds is 2. The van der Waals surface area contributed by atoms with Crippen molar-refractivity contribution in [1.82, 2.24) is 4.98 Å². The van der Waals surface area contributed by atoms with Crippen LogP contribution in [0.15, 0.2) is 30.3 Å². The van der Waals surface area contributed by atoms with Gasteiger partial charge in [-0.15, -0.1) is 11.6 Å². The van der Waals surface area contributed by atoms with Crippen LogP contribution >= 0.6 is 11.6 Å². The normalized spacial score (nSPS) is 10.8. The van der Waals surface area contributed by atoms with Gasteiger partial charge in [-0.3, -0.25) is 0 Å². The van der Waals surface area contributed by atoms with Gasteiger partial charge in [0.25, 0.3) is 0 Å². The minimum Gasteiger partial charge on any atom is -0.358 e. The van der Waals surface area contributed by atoms with Crippen molar-refractivity contribution < 1.29 is 0 Å². The predicted molar refractivity (Wildman–Crippen MR) is 52.2 cm³/mol. The van der Waals surface area contributed by atoms with Crippen LogP contribution in [0.1, 0.15) is 5.69 Å². The molecule has 0 unspecified atom stereocenters. The Morgan fingerprint density at radius 3 is 2.92 bits per heavy atom. The molecule has 2 rings (SSSR count). The summed E-state index contributed by atoms with van der Waals surface area (Å²) in [7, 11) is 0. The van der Waals surface area contributed by atoms with Gasteiger partial charge >= 0.3 is 0 Å². The molecule has 2 aromatic rings. The molecule has 0 saturated heterocycles. The van der Waals surface area contributed by atoms with E-state index < -0.39 is 0 Å². The number of benzene rings is 1. The van der Waals surface area contributed by atoms with Crippen molar-refractivity contribution in [3.8, 4) is 0 Å². The van der Waals surface area contributed by atoms with Crippen molar-refractivity contribution in [2.75, 3.05) is 0 Å². The molecule has 2 heteroatoms. The molecule has 0 aliphatic heterocycles. The highest BCUT2D eigenvalue weighted by Crippen LogP contribution is 2.15. The lowest BCUT2D eigenvalue weighted by Crippen LogP contribution is -1.79. The lowest BCUT2D eigenvalue weighted by molar-refractivity contribution is 1.15. The summed E-state index contributed by atoms with van der Waals surface area (Å²) in [5, 5.41) is 1.24. The molecule has 0 aliphatic carbocycles. The van der Waals surface area contributed by atoms with Gasteiger partial charge in [0.15, 0.2) is 0 Å². The Labute approximate surface area is 76.4 Å². The summed E-state index contributed by atoms with van der Waals surface area (Å²) in [6, 6.07) is 10.3. The molecule has 0 saturated carbocycles. The smallest absolute Gasteiger partial charge is 0.0558 e. The first-order valence-corrected chi connectivity index (χ1v) is 4.32. The average Bonchev–Trinajstić information content (AvgIpc) is 2.47. The summed E-state index contributed by atoms with van der Waals surface area (Å²) in [6.07, 6.45) is 0.788. The van der Waals surface area contributed by atoms with Crippen molar-refractivity contribution in [2.24, 2.45) is 0 Å². The average molecular weight is 179 g/mol. The number of hydrogen-bond acceptors (Lipinski definition) is 0. The molecule has 1 aromatic carbocycles. The molecule has 0 bridgehead atoms. The molecular weight excluding hydrogens is 170 g/mol. The number of nitrogens with one attached hydrogen (secondary N) is 1. The second kappa shape index (κ2) is 3.20. The van der Waals surface area contributed by atoms with Crippen LogP contribution in [-0.4, -0.2) is 4.98 Å². The monoisotopic (exact) mass is 178 g/mol. The van der Waals surface area contributed by atoms with Gasteiger partial charge in [0.2, 0.25) is 0 Å². The van der Waals surface area contributed by atoms with Gasteiger partial charge in [-0.1, -0.05) is 18.2 Å². The Hall–Kier alpha value is -0.950. The first-order chi connectivity index (χ1) is 5.90. The summed E-state index contributed by atoms with van der Waals surface area (Å²) in [6.45, 7) is 0. The van der Waals surface area contributed by atoms with Crippen molar-refractivity contribution in [2.45, 2.75) is 6.42 Å². The molecule has 0 fully saturated rings. The highest BCUT2D eigenvalue weighted by molar-refractivity contribution is 6.23. The molecule has 1 heterocycles. The number of hydrogen-bond donors (Lipinski definition) is 1. The Kier molecular flexibility index (Phi) is 2.05. The minimum absolute atomic E-state index is 0.788. The fourth-order valence-corrected chi connectivity index (χ4v) is 1.49. The third kappa shape index (κ3) is 1.32. The van der Waals surface area contributed by atoms with Gasteiger partial charge in [-0.05, 0) is 17.5 Å². The van der Waals surface area contributed by atoms with Gasteiger partial charge in [0, 0.05) is 17.6 Å².